The third kappa shape index (κ3) is 6.92. The lowest BCUT2D eigenvalue weighted by atomic mass is 9.97. The number of ether oxygens (including phenoxy) is 1. The summed E-state index contributed by atoms with van der Waals surface area (Å²) in [5, 5.41) is 4.79. The molecular weight excluding hydrogens is 576 g/mol. The Labute approximate surface area is 275 Å². The van der Waals surface area contributed by atoms with Crippen LogP contribution < -0.4 is 5.73 Å². The Balaban J connectivity index is 0.000000174. The van der Waals surface area contributed by atoms with Gasteiger partial charge in [-0.15, -0.1) is 0 Å². The molecule has 0 aliphatic heterocycles. The van der Waals surface area contributed by atoms with Crippen molar-refractivity contribution < 1.29 is 9.53 Å². The van der Waals surface area contributed by atoms with E-state index in [0.29, 0.717) is 17.9 Å². The van der Waals surface area contributed by atoms with Crippen LogP contribution in [0.3, 0.4) is 0 Å². The van der Waals surface area contributed by atoms with Gasteiger partial charge in [0.05, 0.1) is 18.4 Å². The number of carbonyl (C=O) groups excluding carboxylic acids is 1. The fourth-order valence-electron chi connectivity index (χ4n) is 6.06. The van der Waals surface area contributed by atoms with Gasteiger partial charge in [-0.1, -0.05) is 109 Å². The zero-order valence-corrected chi connectivity index (χ0v) is 26.4. The highest BCUT2D eigenvalue weighted by Crippen LogP contribution is 2.40. The van der Waals surface area contributed by atoms with Gasteiger partial charge in [-0.05, 0) is 104 Å². The van der Waals surface area contributed by atoms with Crippen molar-refractivity contribution in [2.75, 3.05) is 12.8 Å². The van der Waals surface area contributed by atoms with E-state index in [4.69, 9.17) is 10.5 Å². The number of hydrogen-bond donors (Lipinski definition) is 1. The van der Waals surface area contributed by atoms with Crippen LogP contribution >= 0.6 is 0 Å². The van der Waals surface area contributed by atoms with Crippen LogP contribution in [0.25, 0.3) is 43.8 Å². The summed E-state index contributed by atoms with van der Waals surface area (Å²) in [5.41, 5.74) is 15.1. The summed E-state index contributed by atoms with van der Waals surface area (Å²) >= 11 is 0. The summed E-state index contributed by atoms with van der Waals surface area (Å²) in [7, 11) is 1.43. The summed E-state index contributed by atoms with van der Waals surface area (Å²) in [5.74, 6) is 0.235. The molecule has 0 amide bonds. The SMILES string of the molecule is COC(=O)c1cc(C2CC2)cnc1Cc1ccc2ccc(-c3ccccc3)cc2c1.Nc1ccc2ccc(-c3ccccc3)cc2c1. The number of methoxy groups -OCH3 is 1. The van der Waals surface area contributed by atoms with E-state index in [0.717, 1.165) is 22.5 Å². The average molecular weight is 613 g/mol. The van der Waals surface area contributed by atoms with Crippen LogP contribution in [0.4, 0.5) is 5.69 Å². The highest BCUT2D eigenvalue weighted by molar-refractivity contribution is 5.92. The largest absolute Gasteiger partial charge is 0.465 e. The number of nitrogens with zero attached hydrogens (tertiary/aromatic N) is 1. The van der Waals surface area contributed by atoms with E-state index in [-0.39, 0.29) is 5.97 Å². The van der Waals surface area contributed by atoms with Gasteiger partial charge in [0.15, 0.2) is 0 Å². The number of aromatic nitrogens is 1. The smallest absolute Gasteiger partial charge is 0.339 e. The Morgan fingerprint density at radius 3 is 1.83 bits per heavy atom. The number of pyridine rings is 1. The van der Waals surface area contributed by atoms with E-state index >= 15 is 0 Å². The van der Waals surface area contributed by atoms with Gasteiger partial charge < -0.3 is 10.5 Å². The van der Waals surface area contributed by atoms with E-state index in [9.17, 15) is 4.79 Å². The third-order valence-corrected chi connectivity index (χ3v) is 8.80. The summed E-state index contributed by atoms with van der Waals surface area (Å²) in [6, 6.07) is 48.2. The van der Waals surface area contributed by atoms with Gasteiger partial charge in [0.2, 0.25) is 0 Å². The summed E-state index contributed by atoms with van der Waals surface area (Å²) in [6.45, 7) is 0. The zero-order chi connectivity index (χ0) is 32.2. The lowest BCUT2D eigenvalue weighted by Crippen LogP contribution is -2.09. The Morgan fingerprint density at radius 2 is 1.23 bits per heavy atom. The summed E-state index contributed by atoms with van der Waals surface area (Å²) in [4.78, 5) is 17.0. The number of carbonyl (C=O) groups is 1. The molecule has 2 N–H and O–H groups in total. The number of rotatable bonds is 6. The fourth-order valence-corrected chi connectivity index (χ4v) is 6.06. The first-order valence-corrected chi connectivity index (χ1v) is 16.0. The van der Waals surface area contributed by atoms with Crippen molar-refractivity contribution in [1.82, 2.24) is 4.98 Å². The maximum atomic E-state index is 12.4. The molecule has 4 heteroatoms. The summed E-state index contributed by atoms with van der Waals surface area (Å²) in [6.07, 6.45) is 4.88. The van der Waals surface area contributed by atoms with E-state index in [2.05, 4.69) is 114 Å². The molecule has 1 saturated carbocycles. The lowest BCUT2D eigenvalue weighted by molar-refractivity contribution is 0.0599. The standard InChI is InChI=1S/C27H23NO2.C16H13N/c1-30-27(29)25-16-24(21-9-10-21)17-28-26(25)14-18-7-8-20-11-12-22(15-23(20)13-18)19-5-3-2-4-6-19;17-16-9-8-13-6-7-14(10-15(13)11-16)12-4-2-1-3-5-12/h2-8,11-13,15-17,21H,9-10,14H2,1H3;1-11H,17H2. The molecule has 4 nitrogen and oxygen atoms in total. The van der Waals surface area contributed by atoms with Crippen LogP contribution in [0.2, 0.25) is 0 Å². The lowest BCUT2D eigenvalue weighted by Gasteiger charge is -2.11. The first-order chi connectivity index (χ1) is 23.0. The minimum absolute atomic E-state index is 0.313. The van der Waals surface area contributed by atoms with Gasteiger partial charge in [0.25, 0.3) is 0 Å². The molecule has 0 radical (unpaired) electrons. The molecule has 1 heterocycles. The number of anilines is 1. The van der Waals surface area contributed by atoms with Crippen molar-refractivity contribution >= 4 is 33.2 Å². The van der Waals surface area contributed by atoms with Crippen molar-refractivity contribution in [1.29, 1.82) is 0 Å². The molecule has 0 spiro atoms. The number of fused-ring (bicyclic) bond motifs is 2. The predicted octanol–water partition coefficient (Wildman–Crippen LogP) is 10.2. The van der Waals surface area contributed by atoms with Crippen LogP contribution in [0.1, 0.15) is 45.9 Å². The quantitative estimate of drug-likeness (QED) is 0.150. The monoisotopic (exact) mass is 612 g/mol. The number of hydrogen-bond acceptors (Lipinski definition) is 4. The first kappa shape index (κ1) is 29.9. The normalized spacial score (nSPS) is 12.4. The Morgan fingerprint density at radius 1 is 0.660 bits per heavy atom. The van der Waals surface area contributed by atoms with Crippen molar-refractivity contribution in [3.63, 3.8) is 0 Å². The number of nitrogens with two attached hydrogens (primary N) is 1. The second-order valence-corrected chi connectivity index (χ2v) is 12.2. The third-order valence-electron chi connectivity index (χ3n) is 8.80. The molecule has 0 bridgehead atoms. The van der Waals surface area contributed by atoms with E-state index < -0.39 is 0 Å². The van der Waals surface area contributed by atoms with Crippen LogP contribution in [0, 0.1) is 0 Å². The van der Waals surface area contributed by atoms with Crippen molar-refractivity contribution in [3.05, 3.63) is 168 Å². The molecule has 0 unspecified atom stereocenters. The molecule has 1 aliphatic rings. The molecule has 47 heavy (non-hydrogen) atoms. The Kier molecular flexibility index (Phi) is 8.48. The van der Waals surface area contributed by atoms with Gasteiger partial charge in [0, 0.05) is 18.3 Å². The van der Waals surface area contributed by atoms with Crippen LogP contribution in [-0.2, 0) is 11.2 Å². The van der Waals surface area contributed by atoms with Crippen molar-refractivity contribution in [2.24, 2.45) is 0 Å². The Bertz CT molecular complexity index is 2190. The molecule has 0 saturated heterocycles. The second kappa shape index (κ2) is 13.3. The second-order valence-electron chi connectivity index (χ2n) is 12.2. The number of esters is 1. The molecule has 0 atom stereocenters. The van der Waals surface area contributed by atoms with Gasteiger partial charge in [-0.2, -0.15) is 0 Å². The molecule has 1 aliphatic carbocycles. The molecule has 7 aromatic rings. The number of nitrogen functional groups attached to an aromatic ring is 1. The van der Waals surface area contributed by atoms with Crippen LogP contribution in [0.5, 0.6) is 0 Å². The molecule has 230 valence electrons. The zero-order valence-electron chi connectivity index (χ0n) is 26.4. The van der Waals surface area contributed by atoms with E-state index in [1.165, 1.54) is 63.8 Å². The van der Waals surface area contributed by atoms with Gasteiger partial charge in [0.1, 0.15) is 0 Å². The van der Waals surface area contributed by atoms with Gasteiger partial charge in [-0.3, -0.25) is 4.98 Å². The maximum absolute atomic E-state index is 12.4. The minimum atomic E-state index is -0.313. The molecule has 6 aromatic carbocycles. The van der Waals surface area contributed by atoms with Gasteiger partial charge >= 0.3 is 5.97 Å². The predicted molar refractivity (Wildman–Crippen MR) is 194 cm³/mol. The van der Waals surface area contributed by atoms with Crippen molar-refractivity contribution in [3.8, 4) is 22.3 Å². The minimum Gasteiger partial charge on any atom is -0.465 e. The summed E-state index contributed by atoms with van der Waals surface area (Å²) < 4.78 is 5.03. The topological polar surface area (TPSA) is 65.2 Å². The maximum Gasteiger partial charge on any atom is 0.339 e. The molecular formula is C43H36N2O2. The Hall–Kier alpha value is -5.74. The number of benzene rings is 6. The highest BCUT2D eigenvalue weighted by Gasteiger charge is 2.26. The van der Waals surface area contributed by atoms with Crippen LogP contribution in [-0.4, -0.2) is 18.1 Å². The fraction of sp³-hybridized carbons (Fsp3) is 0.116. The highest BCUT2D eigenvalue weighted by atomic mass is 16.5. The van der Waals surface area contributed by atoms with Crippen LogP contribution in [0.15, 0.2) is 146 Å². The van der Waals surface area contributed by atoms with Gasteiger partial charge in [-0.25, -0.2) is 4.79 Å². The first-order valence-electron chi connectivity index (χ1n) is 16.0. The molecule has 1 aromatic heterocycles. The molecule has 1 fully saturated rings. The van der Waals surface area contributed by atoms with E-state index in [1.54, 1.807) is 0 Å². The molecule has 8 rings (SSSR count). The van der Waals surface area contributed by atoms with Crippen molar-refractivity contribution in [2.45, 2.75) is 25.2 Å². The van der Waals surface area contributed by atoms with E-state index in [1.807, 2.05) is 36.5 Å². The average Bonchev–Trinajstić information content (AvgIpc) is 3.98.